The summed E-state index contributed by atoms with van der Waals surface area (Å²) in [5.41, 5.74) is 0. The Labute approximate surface area is 136 Å². The highest BCUT2D eigenvalue weighted by atomic mass is 16.7. The van der Waals surface area contributed by atoms with Crippen molar-refractivity contribution in [2.24, 2.45) is 0 Å². The molecule has 0 radical (unpaired) electrons. The first-order valence-electron chi connectivity index (χ1n) is 7.40. The lowest BCUT2D eigenvalue weighted by atomic mass is 10.3. The summed E-state index contributed by atoms with van der Waals surface area (Å²) < 4.78 is 27.0. The van der Waals surface area contributed by atoms with E-state index in [0.29, 0.717) is 13.2 Å². The summed E-state index contributed by atoms with van der Waals surface area (Å²) in [4.78, 5) is 0. The summed E-state index contributed by atoms with van der Waals surface area (Å²) >= 11 is 0. The maximum Gasteiger partial charge on any atom is 0.197 e. The minimum atomic E-state index is -0.358. The fraction of sp³-hybridized carbons (Fsp3) is 0.333. The lowest BCUT2D eigenvalue weighted by Gasteiger charge is -2.16. The number of hydrogen-bond donors (Lipinski definition) is 0. The highest BCUT2D eigenvalue weighted by Crippen LogP contribution is 2.19. The van der Waals surface area contributed by atoms with Crippen molar-refractivity contribution in [2.45, 2.75) is 13.2 Å². The Morgan fingerprint density at radius 2 is 1.17 bits per heavy atom. The van der Waals surface area contributed by atoms with Gasteiger partial charge in [-0.2, -0.15) is 0 Å². The molecule has 1 atom stereocenters. The average molecular weight is 318 g/mol. The predicted molar refractivity (Wildman–Crippen MR) is 87.5 cm³/mol. The van der Waals surface area contributed by atoms with Gasteiger partial charge in [-0.3, -0.25) is 0 Å². The van der Waals surface area contributed by atoms with Crippen LogP contribution in [0.4, 0.5) is 0 Å². The number of benzene rings is 2. The molecule has 0 aromatic heterocycles. The fourth-order valence-corrected chi connectivity index (χ4v) is 1.93. The molecule has 1 unspecified atom stereocenters. The first-order chi connectivity index (χ1) is 11.2. The molecule has 124 valence electrons. The van der Waals surface area contributed by atoms with Crippen LogP contribution in [-0.4, -0.2) is 33.7 Å². The Bertz CT molecular complexity index is 565. The highest BCUT2D eigenvalue weighted by molar-refractivity contribution is 5.31. The van der Waals surface area contributed by atoms with Crippen molar-refractivity contribution in [3.63, 3.8) is 0 Å². The molecule has 0 fully saturated rings. The molecule has 0 amide bonds. The standard InChI is InChI=1S/C18H22O5/c1-14(23-18-10-6-16(20-3)7-11-18)21-12-13-22-17-8-4-15(19-2)5-9-17/h4-11,14H,12-13H2,1-3H3. The van der Waals surface area contributed by atoms with E-state index in [0.717, 1.165) is 23.0 Å². The van der Waals surface area contributed by atoms with Crippen LogP contribution in [0.1, 0.15) is 6.92 Å². The van der Waals surface area contributed by atoms with Crippen LogP contribution in [0.25, 0.3) is 0 Å². The van der Waals surface area contributed by atoms with Crippen molar-refractivity contribution < 1.29 is 23.7 Å². The lowest BCUT2D eigenvalue weighted by Crippen LogP contribution is -2.19. The molecule has 0 N–H and O–H groups in total. The topological polar surface area (TPSA) is 46.2 Å². The second-order valence-electron chi connectivity index (χ2n) is 4.76. The van der Waals surface area contributed by atoms with E-state index in [4.69, 9.17) is 23.7 Å². The quantitative estimate of drug-likeness (QED) is 0.523. The van der Waals surface area contributed by atoms with Crippen LogP contribution >= 0.6 is 0 Å². The van der Waals surface area contributed by atoms with Crippen LogP contribution in [-0.2, 0) is 4.74 Å². The van der Waals surface area contributed by atoms with Crippen LogP contribution in [0.5, 0.6) is 23.0 Å². The molecule has 5 nitrogen and oxygen atoms in total. The van der Waals surface area contributed by atoms with Crippen LogP contribution in [0, 0.1) is 0 Å². The highest BCUT2D eigenvalue weighted by Gasteiger charge is 2.04. The van der Waals surface area contributed by atoms with Crippen LogP contribution in [0.15, 0.2) is 48.5 Å². The number of methoxy groups -OCH3 is 2. The Morgan fingerprint density at radius 3 is 1.70 bits per heavy atom. The molecule has 0 heterocycles. The van der Waals surface area contributed by atoms with E-state index >= 15 is 0 Å². The molecule has 5 heteroatoms. The van der Waals surface area contributed by atoms with Crippen LogP contribution < -0.4 is 18.9 Å². The smallest absolute Gasteiger partial charge is 0.197 e. The molecule has 2 rings (SSSR count). The van der Waals surface area contributed by atoms with Gasteiger partial charge in [0.05, 0.1) is 20.8 Å². The minimum Gasteiger partial charge on any atom is -0.497 e. The van der Waals surface area contributed by atoms with Gasteiger partial charge in [0.25, 0.3) is 0 Å². The van der Waals surface area contributed by atoms with Gasteiger partial charge in [-0.15, -0.1) is 0 Å². The Kier molecular flexibility index (Phi) is 6.56. The summed E-state index contributed by atoms with van der Waals surface area (Å²) in [6.07, 6.45) is -0.358. The SMILES string of the molecule is COc1ccc(OCCOC(C)Oc2ccc(OC)cc2)cc1. The fourth-order valence-electron chi connectivity index (χ4n) is 1.93. The summed E-state index contributed by atoms with van der Waals surface area (Å²) in [5, 5.41) is 0. The van der Waals surface area contributed by atoms with Crippen molar-refractivity contribution in [1.82, 2.24) is 0 Å². The third kappa shape index (κ3) is 5.71. The van der Waals surface area contributed by atoms with E-state index in [2.05, 4.69) is 0 Å². The minimum absolute atomic E-state index is 0.358. The van der Waals surface area contributed by atoms with Gasteiger partial charge < -0.3 is 23.7 Å². The lowest BCUT2D eigenvalue weighted by molar-refractivity contribution is -0.0739. The van der Waals surface area contributed by atoms with E-state index in [1.807, 2.05) is 55.5 Å². The van der Waals surface area contributed by atoms with Gasteiger partial charge in [-0.1, -0.05) is 0 Å². The summed E-state index contributed by atoms with van der Waals surface area (Å²) in [7, 11) is 3.26. The largest absolute Gasteiger partial charge is 0.497 e. The van der Waals surface area contributed by atoms with Crippen molar-refractivity contribution in [1.29, 1.82) is 0 Å². The monoisotopic (exact) mass is 318 g/mol. The Balaban J connectivity index is 1.66. The molecule has 0 saturated heterocycles. The maximum absolute atomic E-state index is 5.65. The molecule has 2 aromatic rings. The first kappa shape index (κ1) is 17.0. The Morgan fingerprint density at radius 1 is 0.696 bits per heavy atom. The molecule has 0 aliphatic heterocycles. The van der Waals surface area contributed by atoms with Crippen LogP contribution in [0.2, 0.25) is 0 Å². The van der Waals surface area contributed by atoms with E-state index < -0.39 is 0 Å². The van der Waals surface area contributed by atoms with Gasteiger partial charge in [0.15, 0.2) is 6.29 Å². The maximum atomic E-state index is 5.65. The molecule has 0 saturated carbocycles. The summed E-state index contributed by atoms with van der Waals surface area (Å²) in [6.45, 7) is 2.73. The second kappa shape index (κ2) is 8.90. The molecule has 2 aromatic carbocycles. The third-order valence-corrected chi connectivity index (χ3v) is 3.13. The summed E-state index contributed by atoms with van der Waals surface area (Å²) in [5.74, 6) is 3.10. The van der Waals surface area contributed by atoms with Crippen molar-refractivity contribution in [2.75, 3.05) is 27.4 Å². The molecule has 0 aliphatic carbocycles. The first-order valence-corrected chi connectivity index (χ1v) is 7.40. The summed E-state index contributed by atoms with van der Waals surface area (Å²) in [6, 6.07) is 14.8. The zero-order valence-electron chi connectivity index (χ0n) is 13.7. The molecular weight excluding hydrogens is 296 g/mol. The van der Waals surface area contributed by atoms with Gasteiger partial charge in [0, 0.05) is 0 Å². The van der Waals surface area contributed by atoms with E-state index in [-0.39, 0.29) is 6.29 Å². The second-order valence-corrected chi connectivity index (χ2v) is 4.76. The normalized spacial score (nSPS) is 11.6. The van der Waals surface area contributed by atoms with Crippen LogP contribution in [0.3, 0.4) is 0 Å². The van der Waals surface area contributed by atoms with Gasteiger partial charge in [-0.25, -0.2) is 0 Å². The van der Waals surface area contributed by atoms with Gasteiger partial charge >= 0.3 is 0 Å². The van der Waals surface area contributed by atoms with Gasteiger partial charge in [0.2, 0.25) is 0 Å². The molecule has 0 aliphatic rings. The molecule has 0 bridgehead atoms. The molecular formula is C18H22O5. The third-order valence-electron chi connectivity index (χ3n) is 3.13. The number of ether oxygens (including phenoxy) is 5. The van der Waals surface area contributed by atoms with Gasteiger partial charge in [0.1, 0.15) is 29.6 Å². The predicted octanol–water partition coefficient (Wildman–Crippen LogP) is 3.52. The van der Waals surface area contributed by atoms with E-state index in [1.54, 1.807) is 14.2 Å². The number of hydrogen-bond acceptors (Lipinski definition) is 5. The van der Waals surface area contributed by atoms with Gasteiger partial charge in [-0.05, 0) is 55.5 Å². The van der Waals surface area contributed by atoms with Crippen molar-refractivity contribution >= 4 is 0 Å². The molecule has 23 heavy (non-hydrogen) atoms. The van der Waals surface area contributed by atoms with E-state index in [9.17, 15) is 0 Å². The average Bonchev–Trinajstić information content (AvgIpc) is 2.60. The molecule has 0 spiro atoms. The van der Waals surface area contributed by atoms with Crippen molar-refractivity contribution in [3.8, 4) is 23.0 Å². The zero-order valence-corrected chi connectivity index (χ0v) is 13.7. The van der Waals surface area contributed by atoms with Crippen molar-refractivity contribution in [3.05, 3.63) is 48.5 Å². The zero-order chi connectivity index (χ0) is 16.5. The van der Waals surface area contributed by atoms with E-state index in [1.165, 1.54) is 0 Å². The Hall–Kier alpha value is -2.40. The number of rotatable bonds is 9.